The molecule has 1 nitrogen and oxygen atoms in total. The first-order valence-electron chi connectivity index (χ1n) is 6.24. The number of aryl methyl sites for hydroxylation is 1. The summed E-state index contributed by atoms with van der Waals surface area (Å²) in [5.41, 5.74) is 1.64. The molecule has 2 aromatic rings. The fraction of sp³-hybridized carbons (Fsp3) is 0.250. The molecule has 0 N–H and O–H groups in total. The summed E-state index contributed by atoms with van der Waals surface area (Å²) in [6.45, 7) is 1.59. The minimum Gasteiger partial charge on any atom is -0.497 e. The van der Waals surface area contributed by atoms with Crippen LogP contribution in [0.1, 0.15) is 22.1 Å². The third kappa shape index (κ3) is 3.28. The van der Waals surface area contributed by atoms with Crippen molar-refractivity contribution < 1.29 is 13.5 Å². The summed E-state index contributed by atoms with van der Waals surface area (Å²) in [5.74, 6) is -0.449. The average molecular weight is 297 g/mol. The van der Waals surface area contributed by atoms with Crippen LogP contribution in [0.3, 0.4) is 0 Å². The van der Waals surface area contributed by atoms with Gasteiger partial charge in [-0.1, -0.05) is 12.1 Å². The molecule has 1 atom stereocenters. The molecule has 0 fully saturated rings. The van der Waals surface area contributed by atoms with Crippen LogP contribution in [-0.4, -0.2) is 7.11 Å². The molecule has 4 heteroatoms. The van der Waals surface area contributed by atoms with E-state index in [0.29, 0.717) is 17.5 Å². The first-order valence-corrected chi connectivity index (χ1v) is 6.67. The highest BCUT2D eigenvalue weighted by molar-refractivity contribution is 6.21. The molecule has 0 saturated heterocycles. The summed E-state index contributed by atoms with van der Waals surface area (Å²) in [5, 5.41) is -0.554. The monoisotopic (exact) mass is 296 g/mol. The molecule has 0 amide bonds. The van der Waals surface area contributed by atoms with Gasteiger partial charge < -0.3 is 4.74 Å². The van der Waals surface area contributed by atoms with Gasteiger partial charge in [-0.2, -0.15) is 0 Å². The lowest BCUT2D eigenvalue weighted by Crippen LogP contribution is -2.01. The predicted molar refractivity (Wildman–Crippen MR) is 76.4 cm³/mol. The normalized spacial score (nSPS) is 12.2. The average Bonchev–Trinajstić information content (AvgIpc) is 2.43. The number of hydrogen-bond acceptors (Lipinski definition) is 1. The Bertz CT molecular complexity index is 613. The van der Waals surface area contributed by atoms with Crippen molar-refractivity contribution in [1.29, 1.82) is 0 Å². The maximum Gasteiger partial charge on any atom is 0.130 e. The van der Waals surface area contributed by atoms with Crippen molar-refractivity contribution in [3.8, 4) is 5.75 Å². The van der Waals surface area contributed by atoms with Crippen molar-refractivity contribution in [1.82, 2.24) is 0 Å². The molecule has 106 valence electrons. The fourth-order valence-electron chi connectivity index (χ4n) is 2.04. The standard InChI is InChI=1S/C16H15ClF2O/c1-10-6-13(16(19)9-15(10)18)14(17)8-11-4-3-5-12(7-11)20-2/h3-7,9,14H,8H2,1-2H3. The van der Waals surface area contributed by atoms with Gasteiger partial charge in [-0.15, -0.1) is 11.6 Å². The lowest BCUT2D eigenvalue weighted by atomic mass is 10.0. The van der Waals surface area contributed by atoms with Gasteiger partial charge in [0.2, 0.25) is 0 Å². The van der Waals surface area contributed by atoms with Crippen molar-refractivity contribution in [2.45, 2.75) is 18.7 Å². The molecule has 2 rings (SSSR count). The number of ether oxygens (including phenoxy) is 1. The van der Waals surface area contributed by atoms with Gasteiger partial charge in [-0.3, -0.25) is 0 Å². The van der Waals surface area contributed by atoms with E-state index in [1.165, 1.54) is 6.07 Å². The van der Waals surface area contributed by atoms with E-state index in [0.717, 1.165) is 17.4 Å². The number of hydrogen-bond donors (Lipinski definition) is 0. The van der Waals surface area contributed by atoms with Crippen LogP contribution in [0, 0.1) is 18.6 Å². The van der Waals surface area contributed by atoms with Crippen molar-refractivity contribution in [2.75, 3.05) is 7.11 Å². The number of alkyl halides is 1. The molecule has 0 bridgehead atoms. The van der Waals surface area contributed by atoms with E-state index < -0.39 is 17.0 Å². The summed E-state index contributed by atoms with van der Waals surface area (Å²) >= 11 is 6.26. The van der Waals surface area contributed by atoms with Gasteiger partial charge >= 0.3 is 0 Å². The molecule has 0 spiro atoms. The predicted octanol–water partition coefficient (Wildman–Crippen LogP) is 4.80. The Balaban J connectivity index is 2.23. The maximum atomic E-state index is 13.8. The first kappa shape index (κ1) is 14.8. The number of benzene rings is 2. The molecule has 1 unspecified atom stereocenters. The Morgan fingerprint density at radius 3 is 2.60 bits per heavy atom. The van der Waals surface area contributed by atoms with Gasteiger partial charge in [0.25, 0.3) is 0 Å². The molecule has 0 aromatic heterocycles. The Hall–Kier alpha value is -1.61. The summed E-state index contributed by atoms with van der Waals surface area (Å²) in [6, 6.07) is 9.77. The summed E-state index contributed by atoms with van der Waals surface area (Å²) in [4.78, 5) is 0. The first-order chi connectivity index (χ1) is 9.51. The summed E-state index contributed by atoms with van der Waals surface area (Å²) < 4.78 is 32.2. The van der Waals surface area contributed by atoms with Crippen molar-refractivity contribution >= 4 is 11.6 Å². The van der Waals surface area contributed by atoms with Gasteiger partial charge in [0.1, 0.15) is 17.4 Å². The van der Waals surface area contributed by atoms with E-state index in [1.807, 2.05) is 24.3 Å². The van der Waals surface area contributed by atoms with Gasteiger partial charge in [0, 0.05) is 11.6 Å². The Kier molecular flexibility index (Phi) is 4.61. The van der Waals surface area contributed by atoms with Gasteiger partial charge in [0.05, 0.1) is 12.5 Å². The second kappa shape index (κ2) is 6.23. The van der Waals surface area contributed by atoms with E-state index in [2.05, 4.69) is 0 Å². The maximum absolute atomic E-state index is 13.8. The van der Waals surface area contributed by atoms with Crippen LogP contribution < -0.4 is 4.74 Å². The number of halogens is 3. The zero-order valence-corrected chi connectivity index (χ0v) is 12.0. The molecule has 0 radical (unpaired) electrons. The topological polar surface area (TPSA) is 9.23 Å². The van der Waals surface area contributed by atoms with Crippen LogP contribution in [0.25, 0.3) is 0 Å². The van der Waals surface area contributed by atoms with E-state index in [-0.39, 0.29) is 0 Å². The lowest BCUT2D eigenvalue weighted by molar-refractivity contribution is 0.414. The molecule has 2 aromatic carbocycles. The summed E-state index contributed by atoms with van der Waals surface area (Å²) in [7, 11) is 1.58. The smallest absolute Gasteiger partial charge is 0.130 e. The Morgan fingerprint density at radius 2 is 1.90 bits per heavy atom. The third-order valence-electron chi connectivity index (χ3n) is 3.16. The molecule has 0 saturated carbocycles. The van der Waals surface area contributed by atoms with Crippen LogP contribution in [0.5, 0.6) is 5.75 Å². The highest BCUT2D eigenvalue weighted by Gasteiger charge is 2.16. The van der Waals surface area contributed by atoms with Gasteiger partial charge in [0.15, 0.2) is 0 Å². The Morgan fingerprint density at radius 1 is 1.15 bits per heavy atom. The Labute approximate surface area is 122 Å². The van der Waals surface area contributed by atoms with Crippen molar-refractivity contribution in [2.24, 2.45) is 0 Å². The fourth-order valence-corrected chi connectivity index (χ4v) is 2.38. The van der Waals surface area contributed by atoms with Crippen LogP contribution in [-0.2, 0) is 6.42 Å². The zero-order valence-electron chi connectivity index (χ0n) is 11.3. The lowest BCUT2D eigenvalue weighted by Gasteiger charge is -2.13. The van der Waals surface area contributed by atoms with E-state index in [9.17, 15) is 8.78 Å². The molecular formula is C16H15ClF2O. The van der Waals surface area contributed by atoms with Gasteiger partial charge in [-0.25, -0.2) is 8.78 Å². The van der Waals surface area contributed by atoms with E-state index >= 15 is 0 Å². The quantitative estimate of drug-likeness (QED) is 0.736. The van der Waals surface area contributed by atoms with E-state index in [4.69, 9.17) is 16.3 Å². The van der Waals surface area contributed by atoms with E-state index in [1.54, 1.807) is 14.0 Å². The minimum absolute atomic E-state index is 0.313. The molecule has 0 heterocycles. The van der Waals surface area contributed by atoms with Gasteiger partial charge in [-0.05, 0) is 42.7 Å². The zero-order chi connectivity index (χ0) is 14.7. The number of methoxy groups -OCH3 is 1. The molecular weight excluding hydrogens is 282 g/mol. The SMILES string of the molecule is COc1cccc(CC(Cl)c2cc(C)c(F)cc2F)c1. The van der Waals surface area contributed by atoms with Crippen molar-refractivity contribution in [3.05, 3.63) is 64.7 Å². The van der Waals surface area contributed by atoms with Crippen LogP contribution in [0.2, 0.25) is 0 Å². The largest absolute Gasteiger partial charge is 0.497 e. The molecule has 0 aliphatic rings. The molecule has 0 aliphatic carbocycles. The molecule has 0 aliphatic heterocycles. The molecule has 20 heavy (non-hydrogen) atoms. The van der Waals surface area contributed by atoms with Crippen LogP contribution in [0.15, 0.2) is 36.4 Å². The van der Waals surface area contributed by atoms with Crippen LogP contribution in [0.4, 0.5) is 8.78 Å². The second-order valence-electron chi connectivity index (χ2n) is 4.65. The highest BCUT2D eigenvalue weighted by Crippen LogP contribution is 2.29. The number of rotatable bonds is 4. The second-order valence-corrected chi connectivity index (χ2v) is 5.17. The minimum atomic E-state index is -0.615. The van der Waals surface area contributed by atoms with Crippen molar-refractivity contribution in [3.63, 3.8) is 0 Å². The third-order valence-corrected chi connectivity index (χ3v) is 3.55. The highest BCUT2D eigenvalue weighted by atomic mass is 35.5. The summed E-state index contributed by atoms with van der Waals surface area (Å²) in [6.07, 6.45) is 0.445. The van der Waals surface area contributed by atoms with Crippen LogP contribution >= 0.6 is 11.6 Å².